The standard InChI is InChI=1S/C20H17NO6/c1-3-6-13-9-10-16(17(11-13)25-2)26-12-18(22)27-21-19(23)14-7-4-5-8-15(14)20(21)24/h3-5,7-11H,1,6,12H2,2H3. The van der Waals surface area contributed by atoms with Crippen LogP contribution in [0.2, 0.25) is 0 Å². The van der Waals surface area contributed by atoms with Crippen LogP contribution in [0.4, 0.5) is 0 Å². The number of allylic oxidation sites excluding steroid dienone is 1. The molecule has 0 fully saturated rings. The van der Waals surface area contributed by atoms with Crippen LogP contribution in [0.15, 0.2) is 55.1 Å². The van der Waals surface area contributed by atoms with Crippen molar-refractivity contribution in [3.8, 4) is 11.5 Å². The minimum Gasteiger partial charge on any atom is -0.493 e. The van der Waals surface area contributed by atoms with Crippen molar-refractivity contribution in [1.82, 2.24) is 5.06 Å². The molecule has 0 atom stereocenters. The Kier molecular flexibility index (Phi) is 5.21. The number of carbonyl (C=O) groups is 3. The highest BCUT2D eigenvalue weighted by Gasteiger charge is 2.38. The fraction of sp³-hybridized carbons (Fsp3) is 0.150. The second-order valence-corrected chi connectivity index (χ2v) is 5.68. The van der Waals surface area contributed by atoms with Gasteiger partial charge in [0.2, 0.25) is 0 Å². The van der Waals surface area contributed by atoms with Gasteiger partial charge in [-0.05, 0) is 36.2 Å². The molecule has 1 aliphatic rings. The van der Waals surface area contributed by atoms with Gasteiger partial charge in [0.25, 0.3) is 11.8 Å². The molecule has 0 N–H and O–H groups in total. The van der Waals surface area contributed by atoms with E-state index < -0.39 is 24.4 Å². The monoisotopic (exact) mass is 367 g/mol. The minimum atomic E-state index is -0.887. The molecule has 2 aromatic carbocycles. The maximum Gasteiger partial charge on any atom is 0.370 e. The molecular formula is C20H17NO6. The van der Waals surface area contributed by atoms with Crippen molar-refractivity contribution in [3.63, 3.8) is 0 Å². The lowest BCUT2D eigenvalue weighted by atomic mass is 10.1. The number of imide groups is 1. The van der Waals surface area contributed by atoms with Crippen LogP contribution in [-0.2, 0) is 16.1 Å². The highest BCUT2D eigenvalue weighted by atomic mass is 16.7. The number of fused-ring (bicyclic) bond motifs is 1. The Balaban J connectivity index is 1.63. The van der Waals surface area contributed by atoms with Crippen molar-refractivity contribution in [2.45, 2.75) is 6.42 Å². The van der Waals surface area contributed by atoms with Gasteiger partial charge in [-0.25, -0.2) is 4.79 Å². The number of ether oxygens (including phenoxy) is 2. The van der Waals surface area contributed by atoms with Gasteiger partial charge in [0.05, 0.1) is 18.2 Å². The van der Waals surface area contributed by atoms with E-state index in [0.29, 0.717) is 23.0 Å². The number of hydrogen-bond donors (Lipinski definition) is 0. The first-order valence-electron chi connectivity index (χ1n) is 8.14. The van der Waals surface area contributed by atoms with E-state index in [0.717, 1.165) is 5.56 Å². The van der Waals surface area contributed by atoms with Crippen LogP contribution in [-0.4, -0.2) is 36.6 Å². The van der Waals surface area contributed by atoms with E-state index in [4.69, 9.17) is 14.3 Å². The molecule has 1 aliphatic heterocycles. The predicted octanol–water partition coefficient (Wildman–Crippen LogP) is 2.56. The van der Waals surface area contributed by atoms with Crippen molar-refractivity contribution >= 4 is 17.8 Å². The van der Waals surface area contributed by atoms with Crippen LogP contribution in [0, 0.1) is 0 Å². The zero-order valence-corrected chi connectivity index (χ0v) is 14.6. The lowest BCUT2D eigenvalue weighted by molar-refractivity contribution is -0.170. The second-order valence-electron chi connectivity index (χ2n) is 5.68. The van der Waals surface area contributed by atoms with Crippen LogP contribution >= 0.6 is 0 Å². The Bertz CT molecular complexity index is 885. The number of amides is 2. The molecule has 2 aromatic rings. The highest BCUT2D eigenvalue weighted by molar-refractivity contribution is 6.20. The van der Waals surface area contributed by atoms with Gasteiger partial charge in [-0.15, -0.1) is 6.58 Å². The number of methoxy groups -OCH3 is 1. The van der Waals surface area contributed by atoms with Crippen molar-refractivity contribution in [3.05, 3.63) is 71.8 Å². The first-order chi connectivity index (χ1) is 13.0. The molecule has 1 heterocycles. The quantitative estimate of drug-likeness (QED) is 0.553. The molecule has 0 radical (unpaired) electrons. The number of nitrogens with zero attached hydrogens (tertiary/aromatic N) is 1. The Morgan fingerprint density at radius 1 is 1.07 bits per heavy atom. The summed E-state index contributed by atoms with van der Waals surface area (Å²) in [4.78, 5) is 41.3. The van der Waals surface area contributed by atoms with E-state index in [-0.39, 0.29) is 11.1 Å². The van der Waals surface area contributed by atoms with Crippen LogP contribution in [0.1, 0.15) is 26.3 Å². The zero-order valence-electron chi connectivity index (χ0n) is 14.6. The predicted molar refractivity (Wildman–Crippen MR) is 95.4 cm³/mol. The SMILES string of the molecule is C=CCc1ccc(OCC(=O)ON2C(=O)c3ccccc3C2=O)c(OC)c1. The summed E-state index contributed by atoms with van der Waals surface area (Å²) in [5, 5.41) is 0.445. The fourth-order valence-corrected chi connectivity index (χ4v) is 2.64. The molecule has 138 valence electrons. The molecule has 3 rings (SSSR count). The normalized spacial score (nSPS) is 12.6. The number of hydrogen-bond acceptors (Lipinski definition) is 6. The van der Waals surface area contributed by atoms with E-state index in [9.17, 15) is 14.4 Å². The molecule has 0 bridgehead atoms. The van der Waals surface area contributed by atoms with Crippen molar-refractivity contribution in [2.24, 2.45) is 0 Å². The van der Waals surface area contributed by atoms with Crippen LogP contribution in [0.3, 0.4) is 0 Å². The molecule has 2 amide bonds. The van der Waals surface area contributed by atoms with Crippen LogP contribution < -0.4 is 9.47 Å². The molecule has 0 unspecified atom stereocenters. The van der Waals surface area contributed by atoms with Gasteiger partial charge in [-0.3, -0.25) is 9.59 Å². The average molecular weight is 367 g/mol. The molecule has 0 spiro atoms. The molecule has 7 nitrogen and oxygen atoms in total. The Labute approximate surface area is 155 Å². The fourth-order valence-electron chi connectivity index (χ4n) is 2.64. The summed E-state index contributed by atoms with van der Waals surface area (Å²) in [7, 11) is 1.48. The van der Waals surface area contributed by atoms with Gasteiger partial charge in [0.1, 0.15) is 0 Å². The third-order valence-corrected chi connectivity index (χ3v) is 3.90. The van der Waals surface area contributed by atoms with E-state index in [1.54, 1.807) is 30.3 Å². The number of carbonyl (C=O) groups excluding carboxylic acids is 3. The van der Waals surface area contributed by atoms with E-state index in [2.05, 4.69) is 6.58 Å². The van der Waals surface area contributed by atoms with Gasteiger partial charge >= 0.3 is 5.97 Å². The van der Waals surface area contributed by atoms with Crippen molar-refractivity contribution < 1.29 is 28.7 Å². The lowest BCUT2D eigenvalue weighted by Crippen LogP contribution is -2.34. The first kappa shape index (κ1) is 18.2. The summed E-state index contributed by atoms with van der Waals surface area (Å²) in [6.45, 7) is 3.18. The molecule has 0 aliphatic carbocycles. The average Bonchev–Trinajstić information content (AvgIpc) is 2.92. The van der Waals surface area contributed by atoms with Gasteiger partial charge in [-0.2, -0.15) is 0 Å². The van der Waals surface area contributed by atoms with Gasteiger partial charge in [-0.1, -0.05) is 29.3 Å². The lowest BCUT2D eigenvalue weighted by Gasteiger charge is -2.14. The van der Waals surface area contributed by atoms with Crippen LogP contribution in [0.5, 0.6) is 11.5 Å². The molecule has 0 saturated heterocycles. The van der Waals surface area contributed by atoms with Gasteiger partial charge in [0.15, 0.2) is 18.1 Å². The highest BCUT2D eigenvalue weighted by Crippen LogP contribution is 2.28. The smallest absolute Gasteiger partial charge is 0.370 e. The molecule has 0 saturated carbocycles. The molecular weight excluding hydrogens is 350 g/mol. The van der Waals surface area contributed by atoms with Crippen molar-refractivity contribution in [1.29, 1.82) is 0 Å². The first-order valence-corrected chi connectivity index (χ1v) is 8.14. The molecule has 0 aromatic heterocycles. The number of hydroxylamine groups is 2. The topological polar surface area (TPSA) is 82.1 Å². The Hall–Kier alpha value is -3.61. The summed E-state index contributed by atoms with van der Waals surface area (Å²) in [6, 6.07) is 11.5. The third-order valence-electron chi connectivity index (χ3n) is 3.90. The summed E-state index contributed by atoms with van der Waals surface area (Å²) in [6.07, 6.45) is 2.42. The largest absolute Gasteiger partial charge is 0.493 e. The minimum absolute atomic E-state index is 0.190. The summed E-state index contributed by atoms with van der Waals surface area (Å²) in [5.41, 5.74) is 1.36. The summed E-state index contributed by atoms with van der Waals surface area (Å²) in [5.74, 6) is -1.47. The Morgan fingerprint density at radius 3 is 2.33 bits per heavy atom. The summed E-state index contributed by atoms with van der Waals surface area (Å²) < 4.78 is 10.7. The van der Waals surface area contributed by atoms with Crippen molar-refractivity contribution in [2.75, 3.05) is 13.7 Å². The summed E-state index contributed by atoms with van der Waals surface area (Å²) >= 11 is 0. The zero-order chi connectivity index (χ0) is 19.4. The van der Waals surface area contributed by atoms with Gasteiger partial charge < -0.3 is 14.3 Å². The number of benzene rings is 2. The maximum absolute atomic E-state index is 12.2. The second kappa shape index (κ2) is 7.74. The van der Waals surface area contributed by atoms with Crippen LogP contribution in [0.25, 0.3) is 0 Å². The van der Waals surface area contributed by atoms with E-state index >= 15 is 0 Å². The maximum atomic E-state index is 12.2. The third kappa shape index (κ3) is 3.67. The number of rotatable bonds is 7. The molecule has 27 heavy (non-hydrogen) atoms. The van der Waals surface area contributed by atoms with E-state index in [1.807, 2.05) is 6.07 Å². The molecule has 7 heteroatoms. The van der Waals surface area contributed by atoms with E-state index in [1.165, 1.54) is 19.2 Å². The van der Waals surface area contributed by atoms with Gasteiger partial charge in [0, 0.05) is 0 Å². The Morgan fingerprint density at radius 2 is 1.74 bits per heavy atom.